The molecule has 0 saturated carbocycles. The van der Waals surface area contributed by atoms with Gasteiger partial charge in [-0.3, -0.25) is 0 Å². The molecule has 3 N–H and O–H groups in total. The van der Waals surface area contributed by atoms with Crippen molar-refractivity contribution in [1.29, 1.82) is 0 Å². The molecule has 0 radical (unpaired) electrons. The van der Waals surface area contributed by atoms with Crippen molar-refractivity contribution >= 4 is 15.9 Å². The van der Waals surface area contributed by atoms with Crippen molar-refractivity contribution in [3.8, 4) is 0 Å². The van der Waals surface area contributed by atoms with Gasteiger partial charge in [0.25, 0.3) is 0 Å². The molecule has 1 aromatic rings. The molecule has 0 fully saturated rings. The van der Waals surface area contributed by atoms with Crippen LogP contribution in [0.1, 0.15) is 24.8 Å². The summed E-state index contributed by atoms with van der Waals surface area (Å²) in [5.74, 6) is 0.0492. The second-order valence-corrected chi connectivity index (χ2v) is 4.29. The van der Waals surface area contributed by atoms with Gasteiger partial charge >= 0.3 is 0 Å². The molecule has 1 aromatic carbocycles. The van der Waals surface area contributed by atoms with Crippen LogP contribution in [0.15, 0.2) is 28.7 Å². The monoisotopic (exact) mass is 257 g/mol. The molecule has 2 unspecified atom stereocenters. The third kappa shape index (κ3) is 2.80. The Morgan fingerprint density at radius 1 is 1.36 bits per heavy atom. The van der Waals surface area contributed by atoms with Crippen LogP contribution in [0.4, 0.5) is 0 Å². The van der Waals surface area contributed by atoms with Gasteiger partial charge in [-0.15, -0.1) is 0 Å². The van der Waals surface area contributed by atoms with E-state index in [0.29, 0.717) is 6.54 Å². The van der Waals surface area contributed by atoms with E-state index in [0.717, 1.165) is 16.5 Å². The van der Waals surface area contributed by atoms with Gasteiger partial charge in [-0.05, 0) is 24.1 Å². The summed E-state index contributed by atoms with van der Waals surface area (Å²) < 4.78 is 1.04. The van der Waals surface area contributed by atoms with E-state index in [2.05, 4.69) is 15.9 Å². The van der Waals surface area contributed by atoms with E-state index < -0.39 is 0 Å². The first-order valence-electron chi connectivity index (χ1n) is 4.82. The van der Waals surface area contributed by atoms with Crippen LogP contribution in [0, 0.1) is 0 Å². The third-order valence-corrected chi connectivity index (χ3v) is 2.96. The Morgan fingerprint density at radius 2 is 1.93 bits per heavy atom. The van der Waals surface area contributed by atoms with Gasteiger partial charge in [0.05, 0.1) is 6.10 Å². The van der Waals surface area contributed by atoms with Crippen LogP contribution in [0.25, 0.3) is 0 Å². The van der Waals surface area contributed by atoms with E-state index in [1.165, 1.54) is 0 Å². The van der Waals surface area contributed by atoms with E-state index in [9.17, 15) is 5.11 Å². The summed E-state index contributed by atoms with van der Waals surface area (Å²) in [5.41, 5.74) is 6.75. The van der Waals surface area contributed by atoms with Gasteiger partial charge in [-0.2, -0.15) is 0 Å². The predicted molar refractivity (Wildman–Crippen MR) is 62.2 cm³/mol. The molecule has 0 aliphatic rings. The fourth-order valence-corrected chi connectivity index (χ4v) is 1.77. The van der Waals surface area contributed by atoms with Crippen molar-refractivity contribution in [2.45, 2.75) is 25.4 Å². The molecule has 0 aromatic heterocycles. The molecule has 0 aliphatic carbocycles. The minimum absolute atomic E-state index is 0.0492. The fraction of sp³-hybridized carbons (Fsp3) is 0.455. The zero-order valence-corrected chi connectivity index (χ0v) is 9.87. The Labute approximate surface area is 93.3 Å². The smallest absolute Gasteiger partial charge is 0.0618 e. The van der Waals surface area contributed by atoms with Crippen molar-refractivity contribution in [3.05, 3.63) is 34.3 Å². The number of halogens is 1. The van der Waals surface area contributed by atoms with Crippen molar-refractivity contribution < 1.29 is 5.11 Å². The average molecular weight is 258 g/mol. The summed E-state index contributed by atoms with van der Waals surface area (Å²) in [6.45, 7) is 2.45. The Hall–Kier alpha value is -0.380. The van der Waals surface area contributed by atoms with Crippen LogP contribution >= 0.6 is 15.9 Å². The minimum Gasteiger partial charge on any atom is -0.392 e. The predicted octanol–water partition coefficient (Wildman–Crippen LogP) is 2.26. The lowest BCUT2D eigenvalue weighted by atomic mass is 9.92. The standard InChI is InChI=1S/C11H16BrNO/c1-2-11(14)10(7-13)8-3-5-9(12)6-4-8/h3-6,10-11,14H,2,7,13H2,1H3. The number of hydrogen-bond donors (Lipinski definition) is 2. The first kappa shape index (κ1) is 11.7. The molecule has 2 atom stereocenters. The summed E-state index contributed by atoms with van der Waals surface area (Å²) in [5, 5.41) is 9.75. The maximum absolute atomic E-state index is 9.75. The van der Waals surface area contributed by atoms with Crippen LogP contribution < -0.4 is 5.73 Å². The quantitative estimate of drug-likeness (QED) is 0.870. The SMILES string of the molecule is CCC(O)C(CN)c1ccc(Br)cc1. The Balaban J connectivity index is 2.84. The van der Waals surface area contributed by atoms with Crippen LogP contribution in [0.5, 0.6) is 0 Å². The van der Waals surface area contributed by atoms with Gasteiger partial charge in [0.15, 0.2) is 0 Å². The molecule has 0 amide bonds. The van der Waals surface area contributed by atoms with Gasteiger partial charge in [-0.25, -0.2) is 0 Å². The number of aliphatic hydroxyl groups is 1. The lowest BCUT2D eigenvalue weighted by Gasteiger charge is -2.20. The van der Waals surface area contributed by atoms with Crippen molar-refractivity contribution in [3.63, 3.8) is 0 Å². The molecule has 78 valence electrons. The fourth-order valence-electron chi connectivity index (χ4n) is 1.51. The van der Waals surface area contributed by atoms with E-state index in [1.54, 1.807) is 0 Å². The molecule has 0 heterocycles. The Kier molecular flexibility index (Phi) is 4.58. The first-order chi connectivity index (χ1) is 6.69. The van der Waals surface area contributed by atoms with Crippen LogP contribution in [0.2, 0.25) is 0 Å². The number of hydrogen-bond acceptors (Lipinski definition) is 2. The molecular formula is C11H16BrNO. The topological polar surface area (TPSA) is 46.2 Å². The summed E-state index contributed by atoms with van der Waals surface area (Å²) >= 11 is 3.38. The lowest BCUT2D eigenvalue weighted by molar-refractivity contribution is 0.141. The molecule has 0 aliphatic heterocycles. The molecule has 0 bridgehead atoms. The molecule has 1 rings (SSSR count). The van der Waals surface area contributed by atoms with Gasteiger partial charge in [0, 0.05) is 16.9 Å². The van der Waals surface area contributed by atoms with Gasteiger partial charge in [0.1, 0.15) is 0 Å². The van der Waals surface area contributed by atoms with Crippen molar-refractivity contribution in [2.24, 2.45) is 5.73 Å². The van der Waals surface area contributed by atoms with Crippen molar-refractivity contribution in [2.75, 3.05) is 6.54 Å². The van der Waals surface area contributed by atoms with Gasteiger partial charge < -0.3 is 10.8 Å². The van der Waals surface area contributed by atoms with Gasteiger partial charge in [-0.1, -0.05) is 35.0 Å². The second kappa shape index (κ2) is 5.49. The lowest BCUT2D eigenvalue weighted by Crippen LogP contribution is -2.25. The molecule has 14 heavy (non-hydrogen) atoms. The normalized spacial score (nSPS) is 15.1. The highest BCUT2D eigenvalue weighted by molar-refractivity contribution is 9.10. The van der Waals surface area contributed by atoms with Crippen LogP contribution in [-0.2, 0) is 0 Å². The molecule has 0 saturated heterocycles. The van der Waals surface area contributed by atoms with Crippen LogP contribution in [0.3, 0.4) is 0 Å². The maximum Gasteiger partial charge on any atom is 0.0618 e. The van der Waals surface area contributed by atoms with Crippen LogP contribution in [-0.4, -0.2) is 17.8 Å². The molecular weight excluding hydrogens is 242 g/mol. The zero-order valence-electron chi connectivity index (χ0n) is 8.28. The highest BCUT2D eigenvalue weighted by Gasteiger charge is 2.17. The number of benzene rings is 1. The second-order valence-electron chi connectivity index (χ2n) is 3.37. The molecule has 3 heteroatoms. The third-order valence-electron chi connectivity index (χ3n) is 2.43. The largest absolute Gasteiger partial charge is 0.392 e. The van der Waals surface area contributed by atoms with Gasteiger partial charge in [0.2, 0.25) is 0 Å². The average Bonchev–Trinajstić information content (AvgIpc) is 2.21. The number of rotatable bonds is 4. The highest BCUT2D eigenvalue weighted by Crippen LogP contribution is 2.22. The highest BCUT2D eigenvalue weighted by atomic mass is 79.9. The van der Waals surface area contributed by atoms with Crippen molar-refractivity contribution in [1.82, 2.24) is 0 Å². The first-order valence-corrected chi connectivity index (χ1v) is 5.62. The molecule has 0 spiro atoms. The summed E-state index contributed by atoms with van der Waals surface area (Å²) in [6, 6.07) is 7.95. The summed E-state index contributed by atoms with van der Waals surface area (Å²) in [7, 11) is 0. The van der Waals surface area contributed by atoms with E-state index >= 15 is 0 Å². The summed E-state index contributed by atoms with van der Waals surface area (Å²) in [6.07, 6.45) is 0.388. The maximum atomic E-state index is 9.75. The Bertz CT molecular complexity index is 273. The Morgan fingerprint density at radius 3 is 2.36 bits per heavy atom. The minimum atomic E-state index is -0.346. The number of aliphatic hydroxyl groups excluding tert-OH is 1. The summed E-state index contributed by atoms with van der Waals surface area (Å²) in [4.78, 5) is 0. The zero-order chi connectivity index (χ0) is 10.6. The van der Waals surface area contributed by atoms with E-state index in [-0.39, 0.29) is 12.0 Å². The molecule has 2 nitrogen and oxygen atoms in total. The number of nitrogens with two attached hydrogens (primary N) is 1. The van der Waals surface area contributed by atoms with E-state index in [4.69, 9.17) is 5.73 Å². The van der Waals surface area contributed by atoms with E-state index in [1.807, 2.05) is 31.2 Å².